The molecule has 0 aliphatic carbocycles. The summed E-state index contributed by atoms with van der Waals surface area (Å²) in [7, 11) is 0. The summed E-state index contributed by atoms with van der Waals surface area (Å²) >= 11 is 1.69. The van der Waals surface area contributed by atoms with Crippen LogP contribution in [0.25, 0.3) is 10.9 Å². The van der Waals surface area contributed by atoms with Gasteiger partial charge in [0.2, 0.25) is 0 Å². The highest BCUT2D eigenvalue weighted by molar-refractivity contribution is 7.96. The molecule has 1 aromatic heterocycles. The molecule has 178 valence electrons. The van der Waals surface area contributed by atoms with Gasteiger partial charge in [-0.2, -0.15) is 0 Å². The summed E-state index contributed by atoms with van der Waals surface area (Å²) in [6.45, 7) is 4.03. The van der Waals surface area contributed by atoms with Gasteiger partial charge in [0.05, 0.1) is 22.4 Å². The molecule has 1 amide bonds. The van der Waals surface area contributed by atoms with Gasteiger partial charge < -0.3 is 14.9 Å². The van der Waals surface area contributed by atoms with Gasteiger partial charge in [0.25, 0.3) is 5.91 Å². The molecule has 0 atom stereocenters. The van der Waals surface area contributed by atoms with Crippen molar-refractivity contribution in [2.45, 2.75) is 18.4 Å². The molecule has 2 aliphatic rings. The fraction of sp³-hybridized carbons (Fsp3) is 0.385. The second kappa shape index (κ2) is 9.52. The monoisotopic (exact) mass is 480 g/mol. The van der Waals surface area contributed by atoms with Gasteiger partial charge in [-0.05, 0) is 42.9 Å². The van der Waals surface area contributed by atoms with E-state index in [1.165, 1.54) is 12.1 Å². The number of piperazine rings is 1. The molecule has 0 bridgehead atoms. The van der Waals surface area contributed by atoms with Crippen LogP contribution < -0.4 is 4.90 Å². The summed E-state index contributed by atoms with van der Waals surface area (Å²) in [5.41, 5.74) is 1.87. The van der Waals surface area contributed by atoms with Crippen molar-refractivity contribution in [1.82, 2.24) is 14.2 Å². The molecule has 3 aromatic rings. The van der Waals surface area contributed by atoms with Crippen LogP contribution in [0, 0.1) is 5.82 Å². The molecule has 6 nitrogen and oxygen atoms in total. The second-order valence-electron chi connectivity index (χ2n) is 8.97. The van der Waals surface area contributed by atoms with Gasteiger partial charge in [-0.25, -0.2) is 8.70 Å². The van der Waals surface area contributed by atoms with Crippen LogP contribution in [0.3, 0.4) is 0 Å². The van der Waals surface area contributed by atoms with Crippen LogP contribution in [0.4, 0.5) is 10.1 Å². The topological polar surface area (TPSA) is 59.9 Å². The largest absolute Gasteiger partial charge is 0.385 e. The highest BCUT2D eigenvalue weighted by Gasteiger charge is 2.36. The Balaban J connectivity index is 1.48. The van der Waals surface area contributed by atoms with E-state index in [9.17, 15) is 14.3 Å². The van der Waals surface area contributed by atoms with E-state index in [-0.39, 0.29) is 11.7 Å². The number of carbonyl (C=O) groups is 1. The van der Waals surface area contributed by atoms with Gasteiger partial charge in [0.15, 0.2) is 0 Å². The maximum Gasteiger partial charge on any atom is 0.257 e. The maximum absolute atomic E-state index is 14.3. The minimum atomic E-state index is -0.913. The molecular weight excluding hydrogens is 451 g/mol. The second-order valence-corrected chi connectivity index (χ2v) is 9.85. The molecule has 8 heteroatoms. The predicted octanol–water partition coefficient (Wildman–Crippen LogP) is 3.90. The zero-order valence-corrected chi connectivity index (χ0v) is 20.1. The van der Waals surface area contributed by atoms with Crippen molar-refractivity contribution in [1.29, 1.82) is 0 Å². The van der Waals surface area contributed by atoms with Crippen molar-refractivity contribution in [3.05, 3.63) is 71.7 Å². The fourth-order valence-corrected chi connectivity index (χ4v) is 5.56. The number of piperidine rings is 1. The van der Waals surface area contributed by atoms with Gasteiger partial charge in [-0.1, -0.05) is 42.3 Å². The summed E-state index contributed by atoms with van der Waals surface area (Å²) in [6.07, 6.45) is 4.73. The maximum atomic E-state index is 14.3. The van der Waals surface area contributed by atoms with E-state index < -0.39 is 5.60 Å². The normalized spacial score (nSPS) is 18.9. The molecule has 0 radical (unpaired) electrons. The standard InChI is InChI=1S/C26H29FN4O2S/c1-34-31-15-13-30(14-16-31)25(32)22-18-28-23-8-7-20(27)17-21(23)24(22)29-11-9-26(33,10-12-29)19-5-3-2-4-6-19/h2-8,17-18,33H,9-16H2,1H3. The number of hydrogen-bond donors (Lipinski definition) is 1. The van der Waals surface area contributed by atoms with Gasteiger partial charge in [0.1, 0.15) is 5.82 Å². The number of rotatable bonds is 4. The lowest BCUT2D eigenvalue weighted by molar-refractivity contribution is 0.0118. The quantitative estimate of drug-likeness (QED) is 0.572. The van der Waals surface area contributed by atoms with Crippen LogP contribution in [0.2, 0.25) is 0 Å². The summed E-state index contributed by atoms with van der Waals surface area (Å²) < 4.78 is 16.6. The van der Waals surface area contributed by atoms with E-state index in [1.807, 2.05) is 41.5 Å². The Morgan fingerprint density at radius 3 is 2.41 bits per heavy atom. The fourth-order valence-electron chi connectivity index (χ4n) is 5.03. The number of nitrogens with zero attached hydrogens (tertiary/aromatic N) is 4. The third-order valence-corrected chi connectivity index (χ3v) is 7.92. The van der Waals surface area contributed by atoms with Crippen LogP contribution in [0.5, 0.6) is 0 Å². The van der Waals surface area contributed by atoms with E-state index in [0.29, 0.717) is 55.5 Å². The summed E-state index contributed by atoms with van der Waals surface area (Å²) in [6, 6.07) is 14.2. The number of fused-ring (bicyclic) bond motifs is 1. The number of pyridine rings is 1. The number of carbonyl (C=O) groups excluding carboxylic acids is 1. The molecule has 0 saturated carbocycles. The van der Waals surface area contributed by atoms with Gasteiger partial charge in [-0.15, -0.1) is 0 Å². The molecule has 2 saturated heterocycles. The first-order chi connectivity index (χ1) is 16.5. The minimum Gasteiger partial charge on any atom is -0.385 e. The van der Waals surface area contributed by atoms with Crippen LogP contribution in [0.15, 0.2) is 54.7 Å². The molecule has 2 aliphatic heterocycles. The SMILES string of the molecule is CSN1CCN(C(=O)c2cnc3ccc(F)cc3c2N2CCC(O)(c3ccccc3)CC2)CC1. The Bertz CT molecular complexity index is 1180. The highest BCUT2D eigenvalue weighted by atomic mass is 32.2. The molecular formula is C26H29FN4O2S. The van der Waals surface area contributed by atoms with E-state index in [1.54, 1.807) is 24.2 Å². The molecule has 5 rings (SSSR count). The van der Waals surface area contributed by atoms with Crippen molar-refractivity contribution in [2.24, 2.45) is 0 Å². The Morgan fingerprint density at radius 1 is 1.03 bits per heavy atom. The van der Waals surface area contributed by atoms with Gasteiger partial charge >= 0.3 is 0 Å². The molecule has 34 heavy (non-hydrogen) atoms. The molecule has 3 heterocycles. The summed E-state index contributed by atoms with van der Waals surface area (Å²) in [4.78, 5) is 22.1. The number of halogens is 1. The number of aromatic nitrogens is 1. The van der Waals surface area contributed by atoms with Gasteiger partial charge in [0, 0.05) is 50.9 Å². The lowest BCUT2D eigenvalue weighted by atomic mass is 9.84. The lowest BCUT2D eigenvalue weighted by Gasteiger charge is -2.41. The lowest BCUT2D eigenvalue weighted by Crippen LogP contribution is -2.47. The first-order valence-electron chi connectivity index (χ1n) is 11.7. The molecule has 2 aromatic carbocycles. The summed E-state index contributed by atoms with van der Waals surface area (Å²) in [5, 5.41) is 12.0. The van der Waals surface area contributed by atoms with Crippen LogP contribution in [0.1, 0.15) is 28.8 Å². The van der Waals surface area contributed by atoms with Crippen molar-refractivity contribution in [3.63, 3.8) is 0 Å². The van der Waals surface area contributed by atoms with Gasteiger partial charge in [-0.3, -0.25) is 9.78 Å². The van der Waals surface area contributed by atoms with Crippen LogP contribution in [-0.2, 0) is 5.60 Å². The average Bonchev–Trinajstić information content (AvgIpc) is 2.89. The molecule has 0 unspecified atom stereocenters. The van der Waals surface area contributed by atoms with E-state index in [4.69, 9.17) is 0 Å². The van der Waals surface area contributed by atoms with E-state index in [0.717, 1.165) is 24.3 Å². The predicted molar refractivity (Wildman–Crippen MR) is 134 cm³/mol. The van der Waals surface area contributed by atoms with Crippen LogP contribution >= 0.6 is 11.9 Å². The molecule has 0 spiro atoms. The molecule has 1 N–H and O–H groups in total. The zero-order chi connectivity index (χ0) is 23.7. The van der Waals surface area contributed by atoms with E-state index >= 15 is 0 Å². The smallest absolute Gasteiger partial charge is 0.257 e. The van der Waals surface area contributed by atoms with Crippen LogP contribution in [-0.4, -0.2) is 70.7 Å². The number of amides is 1. The average molecular weight is 481 g/mol. The Hall–Kier alpha value is -2.68. The molecule has 2 fully saturated rings. The number of hydrogen-bond acceptors (Lipinski definition) is 6. The Morgan fingerprint density at radius 2 is 1.74 bits per heavy atom. The number of benzene rings is 2. The van der Waals surface area contributed by atoms with Crippen molar-refractivity contribution in [3.8, 4) is 0 Å². The van der Waals surface area contributed by atoms with Crippen molar-refractivity contribution in [2.75, 3.05) is 50.4 Å². The van der Waals surface area contributed by atoms with Crippen molar-refractivity contribution >= 4 is 34.4 Å². The first kappa shape index (κ1) is 23.1. The number of anilines is 1. The third-order valence-electron chi connectivity index (χ3n) is 7.03. The van der Waals surface area contributed by atoms with E-state index in [2.05, 4.69) is 14.2 Å². The Labute approximate surface area is 203 Å². The zero-order valence-electron chi connectivity index (χ0n) is 19.3. The highest BCUT2D eigenvalue weighted by Crippen LogP contribution is 2.38. The third kappa shape index (κ3) is 4.37. The first-order valence-corrected chi connectivity index (χ1v) is 12.9. The minimum absolute atomic E-state index is 0.0710. The number of aliphatic hydroxyl groups is 1. The summed E-state index contributed by atoms with van der Waals surface area (Å²) in [5.74, 6) is -0.426. The van der Waals surface area contributed by atoms with Crippen molar-refractivity contribution < 1.29 is 14.3 Å². The Kier molecular flexibility index (Phi) is 6.46.